The Morgan fingerprint density at radius 1 is 0.318 bits per heavy atom. The lowest BCUT2D eigenvalue weighted by atomic mass is 10.0. The van der Waals surface area contributed by atoms with E-state index in [1.807, 2.05) is 0 Å². The normalized spacial score (nSPS) is 12.5. The highest BCUT2D eigenvalue weighted by atomic mass is 16.6. The Hall–Kier alpha value is -2.89. The van der Waals surface area contributed by atoms with Crippen LogP contribution in [0.25, 0.3) is 0 Å². The fraction of sp³-hybridized carbons (Fsp3) is 0.783. The first-order chi connectivity index (χ1) is 32.5. The predicted molar refractivity (Wildman–Crippen MR) is 284 cm³/mol. The van der Waals surface area contributed by atoms with Crippen LogP contribution in [-0.2, 0) is 28.6 Å². The van der Waals surface area contributed by atoms with Crippen molar-refractivity contribution >= 4 is 17.9 Å². The quantitative estimate of drug-likeness (QED) is 0.0262. The molecule has 0 radical (unpaired) electrons. The zero-order chi connectivity index (χ0) is 47.9. The van der Waals surface area contributed by atoms with Gasteiger partial charge in [0.1, 0.15) is 13.2 Å². The third kappa shape index (κ3) is 52.1. The summed E-state index contributed by atoms with van der Waals surface area (Å²) in [7, 11) is 0. The van der Waals surface area contributed by atoms with Crippen LogP contribution in [0.5, 0.6) is 0 Å². The summed E-state index contributed by atoms with van der Waals surface area (Å²) in [5, 5.41) is 0. The summed E-state index contributed by atoms with van der Waals surface area (Å²) in [6, 6.07) is 0. The molecule has 0 aromatic heterocycles. The fourth-order valence-corrected chi connectivity index (χ4v) is 8.02. The van der Waals surface area contributed by atoms with E-state index in [2.05, 4.69) is 81.5 Å². The van der Waals surface area contributed by atoms with Gasteiger partial charge in [-0.1, -0.05) is 242 Å². The van der Waals surface area contributed by atoms with Gasteiger partial charge in [0, 0.05) is 19.3 Å². The Morgan fingerprint density at radius 2 is 0.591 bits per heavy atom. The van der Waals surface area contributed by atoms with E-state index in [1.165, 1.54) is 161 Å². The number of carbonyl (C=O) groups is 3. The SMILES string of the molecule is CC/C=C\C/C=C\C/C=C\C/C=C\CCCCC(=O)OC(COC(=O)CCCCCCCCCCC/C=C\CCCCCCCC)COC(=O)CCCCCCCCCCCCCCCC. The number of rotatable bonds is 51. The molecule has 1 atom stereocenters. The molecule has 0 spiro atoms. The Balaban J connectivity index is 4.39. The second-order valence-corrected chi connectivity index (χ2v) is 18.8. The smallest absolute Gasteiger partial charge is 0.306 e. The first kappa shape index (κ1) is 63.1. The average Bonchev–Trinajstić information content (AvgIpc) is 3.31. The number of hydrogen-bond donors (Lipinski definition) is 0. The summed E-state index contributed by atoms with van der Waals surface area (Å²) in [5.74, 6) is -0.922. The van der Waals surface area contributed by atoms with Gasteiger partial charge in [0.05, 0.1) is 0 Å². The number of carbonyl (C=O) groups excluding carboxylic acids is 3. The van der Waals surface area contributed by atoms with Crippen molar-refractivity contribution in [3.8, 4) is 0 Å². The standard InChI is InChI=1S/C60H106O6/c1-4-7-10-13-16-19-22-25-28-29-30-31-33-35-38-41-44-47-50-53-59(62)65-56-57(55-64-58(61)52-49-46-43-40-37-34-27-24-21-18-15-12-9-6-3)66-60(63)54-51-48-45-42-39-36-32-26-23-20-17-14-11-8-5-2/h8,11,17,20,25-26,28,32,39,42,57H,4-7,9-10,12-16,18-19,21-24,27,29-31,33-38,40-41,43-56H2,1-3H3/b11-8-,20-17-,28-25-,32-26-,42-39-. The Kier molecular flexibility index (Phi) is 52.3. The van der Waals surface area contributed by atoms with Gasteiger partial charge >= 0.3 is 17.9 Å². The molecule has 0 aliphatic carbocycles. The molecule has 66 heavy (non-hydrogen) atoms. The first-order valence-electron chi connectivity index (χ1n) is 28.3. The molecule has 6 heteroatoms. The van der Waals surface area contributed by atoms with E-state index < -0.39 is 6.10 Å². The van der Waals surface area contributed by atoms with Crippen molar-refractivity contribution in [1.29, 1.82) is 0 Å². The molecule has 0 rings (SSSR count). The van der Waals surface area contributed by atoms with Gasteiger partial charge in [-0.25, -0.2) is 0 Å². The van der Waals surface area contributed by atoms with E-state index >= 15 is 0 Å². The summed E-state index contributed by atoms with van der Waals surface area (Å²) >= 11 is 0. The minimum Gasteiger partial charge on any atom is -0.462 e. The van der Waals surface area contributed by atoms with Gasteiger partial charge in [-0.2, -0.15) is 0 Å². The zero-order valence-electron chi connectivity index (χ0n) is 43.7. The maximum atomic E-state index is 12.8. The van der Waals surface area contributed by atoms with E-state index in [0.29, 0.717) is 19.3 Å². The second kappa shape index (κ2) is 54.7. The van der Waals surface area contributed by atoms with Crippen LogP contribution in [0.4, 0.5) is 0 Å². The molecular formula is C60H106O6. The van der Waals surface area contributed by atoms with Gasteiger partial charge in [0.2, 0.25) is 0 Å². The minimum atomic E-state index is -0.794. The van der Waals surface area contributed by atoms with Crippen molar-refractivity contribution in [3.63, 3.8) is 0 Å². The van der Waals surface area contributed by atoms with Crippen molar-refractivity contribution in [2.24, 2.45) is 0 Å². The molecule has 0 heterocycles. The van der Waals surface area contributed by atoms with Gasteiger partial charge in [0.25, 0.3) is 0 Å². The van der Waals surface area contributed by atoms with Crippen LogP contribution in [0.15, 0.2) is 60.8 Å². The van der Waals surface area contributed by atoms with E-state index in [-0.39, 0.29) is 37.5 Å². The maximum Gasteiger partial charge on any atom is 0.306 e. The zero-order valence-corrected chi connectivity index (χ0v) is 43.7. The van der Waals surface area contributed by atoms with Crippen LogP contribution in [-0.4, -0.2) is 37.2 Å². The Bertz CT molecular complexity index is 1200. The van der Waals surface area contributed by atoms with Crippen molar-refractivity contribution in [3.05, 3.63) is 60.8 Å². The number of unbranched alkanes of at least 4 members (excludes halogenated alkanes) is 30. The van der Waals surface area contributed by atoms with E-state index in [1.54, 1.807) is 0 Å². The summed E-state index contributed by atoms with van der Waals surface area (Å²) in [6.07, 6.45) is 67.8. The van der Waals surface area contributed by atoms with Crippen molar-refractivity contribution in [2.45, 2.75) is 290 Å². The third-order valence-corrected chi connectivity index (χ3v) is 12.3. The lowest BCUT2D eigenvalue weighted by molar-refractivity contribution is -0.167. The van der Waals surface area contributed by atoms with Gasteiger partial charge in [-0.3, -0.25) is 14.4 Å². The van der Waals surface area contributed by atoms with Crippen molar-refractivity contribution in [2.75, 3.05) is 13.2 Å². The summed E-state index contributed by atoms with van der Waals surface area (Å²) < 4.78 is 16.8. The summed E-state index contributed by atoms with van der Waals surface area (Å²) in [6.45, 7) is 6.51. The molecule has 0 amide bonds. The Labute approximate surface area is 409 Å². The second-order valence-electron chi connectivity index (χ2n) is 18.8. The molecule has 0 bridgehead atoms. The number of hydrogen-bond acceptors (Lipinski definition) is 6. The molecule has 382 valence electrons. The molecule has 0 fully saturated rings. The molecule has 0 aliphatic heterocycles. The van der Waals surface area contributed by atoms with Crippen LogP contribution in [0, 0.1) is 0 Å². The molecule has 1 unspecified atom stereocenters. The number of ether oxygens (including phenoxy) is 3. The molecule has 0 saturated heterocycles. The van der Waals surface area contributed by atoms with Crippen molar-refractivity contribution < 1.29 is 28.6 Å². The molecule has 0 aromatic rings. The molecular weight excluding hydrogens is 817 g/mol. The molecule has 6 nitrogen and oxygen atoms in total. The van der Waals surface area contributed by atoms with E-state index in [0.717, 1.165) is 77.0 Å². The van der Waals surface area contributed by atoms with Crippen LogP contribution in [0.1, 0.15) is 284 Å². The van der Waals surface area contributed by atoms with Crippen molar-refractivity contribution in [1.82, 2.24) is 0 Å². The van der Waals surface area contributed by atoms with Crippen LogP contribution in [0.2, 0.25) is 0 Å². The minimum absolute atomic E-state index is 0.0889. The third-order valence-electron chi connectivity index (χ3n) is 12.3. The van der Waals surface area contributed by atoms with E-state index in [4.69, 9.17) is 14.2 Å². The average molecular weight is 924 g/mol. The molecule has 0 saturated carbocycles. The first-order valence-corrected chi connectivity index (χ1v) is 28.3. The Morgan fingerprint density at radius 3 is 0.970 bits per heavy atom. The highest BCUT2D eigenvalue weighted by Gasteiger charge is 2.19. The summed E-state index contributed by atoms with van der Waals surface area (Å²) in [4.78, 5) is 38.1. The number of allylic oxidation sites excluding steroid dienone is 10. The van der Waals surface area contributed by atoms with Gasteiger partial charge in [-0.05, 0) is 83.5 Å². The lowest BCUT2D eigenvalue weighted by Gasteiger charge is -2.18. The molecule has 0 aliphatic rings. The lowest BCUT2D eigenvalue weighted by Crippen LogP contribution is -2.30. The number of esters is 3. The monoisotopic (exact) mass is 923 g/mol. The molecule has 0 aromatic carbocycles. The topological polar surface area (TPSA) is 78.9 Å². The largest absolute Gasteiger partial charge is 0.462 e. The van der Waals surface area contributed by atoms with Gasteiger partial charge < -0.3 is 14.2 Å². The fourth-order valence-electron chi connectivity index (χ4n) is 8.02. The van der Waals surface area contributed by atoms with Crippen LogP contribution < -0.4 is 0 Å². The summed E-state index contributed by atoms with van der Waals surface area (Å²) in [5.41, 5.74) is 0. The molecule has 0 N–H and O–H groups in total. The maximum absolute atomic E-state index is 12.8. The van der Waals surface area contributed by atoms with Crippen LogP contribution >= 0.6 is 0 Å². The van der Waals surface area contributed by atoms with E-state index in [9.17, 15) is 14.4 Å². The van der Waals surface area contributed by atoms with Crippen LogP contribution in [0.3, 0.4) is 0 Å². The highest BCUT2D eigenvalue weighted by molar-refractivity contribution is 5.71. The predicted octanol–water partition coefficient (Wildman–Crippen LogP) is 18.8. The van der Waals surface area contributed by atoms with Gasteiger partial charge in [-0.15, -0.1) is 0 Å². The van der Waals surface area contributed by atoms with Gasteiger partial charge in [0.15, 0.2) is 6.10 Å². The highest BCUT2D eigenvalue weighted by Crippen LogP contribution is 2.16.